The normalized spacial score (nSPS) is 10.5. The van der Waals surface area contributed by atoms with Gasteiger partial charge in [0.25, 0.3) is 0 Å². The predicted molar refractivity (Wildman–Crippen MR) is 50.9 cm³/mol. The molecule has 0 atom stereocenters. The van der Waals surface area contributed by atoms with Crippen LogP contribution in [0.15, 0.2) is 0 Å². The van der Waals surface area contributed by atoms with Crippen LogP contribution in [0.25, 0.3) is 0 Å². The molecule has 3 nitrogen and oxygen atoms in total. The van der Waals surface area contributed by atoms with E-state index < -0.39 is 0 Å². The molecule has 0 aliphatic carbocycles. The van der Waals surface area contributed by atoms with Crippen molar-refractivity contribution in [3.63, 3.8) is 0 Å². The van der Waals surface area contributed by atoms with Crippen LogP contribution in [0.5, 0.6) is 0 Å². The van der Waals surface area contributed by atoms with Gasteiger partial charge in [-0.3, -0.25) is 0 Å². The highest BCUT2D eigenvalue weighted by Gasteiger charge is 1.88. The first-order valence-corrected chi connectivity index (χ1v) is 4.78. The van der Waals surface area contributed by atoms with Crippen molar-refractivity contribution in [2.75, 3.05) is 45.9 Å². The zero-order valence-corrected chi connectivity index (χ0v) is 8.40. The number of hydrogen-bond acceptors (Lipinski definition) is 3. The third-order valence-electron chi connectivity index (χ3n) is 1.35. The highest BCUT2D eigenvalue weighted by atomic mass is 35.5. The number of hydrogen-bond donors (Lipinski definition) is 1. The van der Waals surface area contributed by atoms with Crippen LogP contribution in [0.1, 0.15) is 6.42 Å². The zero-order chi connectivity index (χ0) is 9.07. The third-order valence-corrected chi connectivity index (χ3v) is 1.53. The Bertz CT molecular complexity index is 73.5. The predicted octanol–water partition coefficient (Wildman–Crippen LogP) is 0.868. The van der Waals surface area contributed by atoms with E-state index >= 15 is 0 Å². The van der Waals surface area contributed by atoms with Crippen molar-refractivity contribution in [2.24, 2.45) is 0 Å². The van der Waals surface area contributed by atoms with Gasteiger partial charge >= 0.3 is 0 Å². The summed E-state index contributed by atoms with van der Waals surface area (Å²) in [4.78, 5) is 0. The second-order valence-electron chi connectivity index (χ2n) is 2.40. The fourth-order valence-corrected chi connectivity index (χ4v) is 0.869. The van der Waals surface area contributed by atoms with Gasteiger partial charge < -0.3 is 14.8 Å². The van der Waals surface area contributed by atoms with Gasteiger partial charge in [0.1, 0.15) is 0 Å². The first-order chi connectivity index (χ1) is 5.91. The van der Waals surface area contributed by atoms with Gasteiger partial charge in [-0.05, 0) is 13.0 Å². The fourth-order valence-electron chi connectivity index (χ4n) is 0.735. The van der Waals surface area contributed by atoms with E-state index in [0.29, 0.717) is 19.1 Å². The van der Waals surface area contributed by atoms with E-state index in [4.69, 9.17) is 21.1 Å². The van der Waals surface area contributed by atoms with Crippen molar-refractivity contribution < 1.29 is 9.47 Å². The smallest absolute Gasteiger partial charge is 0.0700 e. The van der Waals surface area contributed by atoms with Gasteiger partial charge in [-0.25, -0.2) is 0 Å². The molecule has 0 heterocycles. The summed E-state index contributed by atoms with van der Waals surface area (Å²) in [6, 6.07) is 0. The molecule has 0 fully saturated rings. The van der Waals surface area contributed by atoms with Crippen LogP contribution in [0.3, 0.4) is 0 Å². The second kappa shape index (κ2) is 11.2. The summed E-state index contributed by atoms with van der Waals surface area (Å²) in [7, 11) is 1.67. The van der Waals surface area contributed by atoms with Crippen LogP contribution >= 0.6 is 11.6 Å². The van der Waals surface area contributed by atoms with E-state index in [1.165, 1.54) is 0 Å². The summed E-state index contributed by atoms with van der Waals surface area (Å²) in [5, 5.41) is 3.18. The molecule has 4 heteroatoms. The molecule has 0 spiro atoms. The molecule has 0 aromatic rings. The first kappa shape index (κ1) is 12.2. The SMILES string of the molecule is COCCOCCCNCCCl. The molecule has 12 heavy (non-hydrogen) atoms. The molecule has 1 N–H and O–H groups in total. The van der Waals surface area contributed by atoms with E-state index in [0.717, 1.165) is 26.1 Å². The highest BCUT2D eigenvalue weighted by Crippen LogP contribution is 1.81. The van der Waals surface area contributed by atoms with Gasteiger partial charge in [0.2, 0.25) is 0 Å². The maximum Gasteiger partial charge on any atom is 0.0700 e. The van der Waals surface area contributed by atoms with Crippen molar-refractivity contribution in [1.29, 1.82) is 0 Å². The number of halogens is 1. The van der Waals surface area contributed by atoms with E-state index in [-0.39, 0.29) is 0 Å². The molecule has 0 bridgehead atoms. The first-order valence-electron chi connectivity index (χ1n) is 4.25. The number of ether oxygens (including phenoxy) is 2. The Balaban J connectivity index is 2.73. The summed E-state index contributed by atoms with van der Waals surface area (Å²) < 4.78 is 10.1. The molecule has 0 amide bonds. The Morgan fingerprint density at radius 1 is 1.17 bits per heavy atom. The highest BCUT2D eigenvalue weighted by molar-refractivity contribution is 6.18. The summed E-state index contributed by atoms with van der Waals surface area (Å²) >= 11 is 5.47. The lowest BCUT2D eigenvalue weighted by molar-refractivity contribution is 0.0695. The molecule has 0 radical (unpaired) electrons. The zero-order valence-electron chi connectivity index (χ0n) is 7.64. The van der Waals surface area contributed by atoms with E-state index in [1.807, 2.05) is 0 Å². The summed E-state index contributed by atoms with van der Waals surface area (Å²) in [6.45, 7) is 4.00. The van der Waals surface area contributed by atoms with Crippen LogP contribution in [-0.4, -0.2) is 45.9 Å². The van der Waals surface area contributed by atoms with Gasteiger partial charge in [0.05, 0.1) is 13.2 Å². The maximum absolute atomic E-state index is 5.47. The fraction of sp³-hybridized carbons (Fsp3) is 1.00. The number of methoxy groups -OCH3 is 1. The average molecular weight is 196 g/mol. The number of rotatable bonds is 9. The molecule has 0 aliphatic heterocycles. The van der Waals surface area contributed by atoms with Gasteiger partial charge in [0, 0.05) is 26.1 Å². The largest absolute Gasteiger partial charge is 0.382 e. The minimum atomic E-state index is 0.671. The van der Waals surface area contributed by atoms with Gasteiger partial charge in [0.15, 0.2) is 0 Å². The topological polar surface area (TPSA) is 30.5 Å². The molecule has 0 rings (SSSR count). The van der Waals surface area contributed by atoms with E-state index in [9.17, 15) is 0 Å². The monoisotopic (exact) mass is 195 g/mol. The summed E-state index contributed by atoms with van der Waals surface area (Å²) in [6.07, 6.45) is 1.03. The minimum Gasteiger partial charge on any atom is -0.382 e. The van der Waals surface area contributed by atoms with Crippen molar-refractivity contribution >= 4 is 11.6 Å². The van der Waals surface area contributed by atoms with E-state index in [1.54, 1.807) is 7.11 Å². The second-order valence-corrected chi connectivity index (χ2v) is 2.78. The molecule has 0 aromatic heterocycles. The summed E-state index contributed by atoms with van der Waals surface area (Å²) in [5.74, 6) is 0.671. The molecule has 0 saturated heterocycles. The summed E-state index contributed by atoms with van der Waals surface area (Å²) in [5.41, 5.74) is 0. The van der Waals surface area contributed by atoms with Gasteiger partial charge in [-0.2, -0.15) is 0 Å². The van der Waals surface area contributed by atoms with Crippen LogP contribution in [0.4, 0.5) is 0 Å². The van der Waals surface area contributed by atoms with Crippen LogP contribution in [0.2, 0.25) is 0 Å². The van der Waals surface area contributed by atoms with Crippen molar-refractivity contribution in [1.82, 2.24) is 5.32 Å². The lowest BCUT2D eigenvalue weighted by Crippen LogP contribution is -2.19. The molecule has 0 aromatic carbocycles. The van der Waals surface area contributed by atoms with Crippen LogP contribution in [-0.2, 0) is 9.47 Å². The lowest BCUT2D eigenvalue weighted by atomic mass is 10.4. The molecule has 0 aliphatic rings. The third kappa shape index (κ3) is 10.2. The Morgan fingerprint density at radius 3 is 2.67 bits per heavy atom. The minimum absolute atomic E-state index is 0.671. The van der Waals surface area contributed by atoms with Crippen molar-refractivity contribution in [3.8, 4) is 0 Å². The molecule has 74 valence electrons. The van der Waals surface area contributed by atoms with Gasteiger partial charge in [-0.15, -0.1) is 11.6 Å². The molecular weight excluding hydrogens is 178 g/mol. The Hall–Kier alpha value is 0.170. The van der Waals surface area contributed by atoms with E-state index in [2.05, 4.69) is 5.32 Å². The molecular formula is C8H18ClNO2. The Morgan fingerprint density at radius 2 is 2.00 bits per heavy atom. The number of nitrogens with one attached hydrogen (secondary N) is 1. The lowest BCUT2D eigenvalue weighted by Gasteiger charge is -2.03. The quantitative estimate of drug-likeness (QED) is 0.438. The van der Waals surface area contributed by atoms with Gasteiger partial charge in [-0.1, -0.05) is 0 Å². The Labute approximate surface area is 79.4 Å². The maximum atomic E-state index is 5.47. The molecule has 0 unspecified atom stereocenters. The van der Waals surface area contributed by atoms with Crippen molar-refractivity contribution in [3.05, 3.63) is 0 Å². The molecule has 0 saturated carbocycles. The average Bonchev–Trinajstić information content (AvgIpc) is 2.10. The van der Waals surface area contributed by atoms with Crippen LogP contribution in [0, 0.1) is 0 Å². The Kier molecular flexibility index (Phi) is 11.3. The number of alkyl halides is 1. The standard InChI is InChI=1S/C8H18ClNO2/c1-11-7-8-12-6-2-4-10-5-3-9/h10H,2-8H2,1H3. The van der Waals surface area contributed by atoms with Crippen LogP contribution < -0.4 is 5.32 Å². The van der Waals surface area contributed by atoms with Crippen molar-refractivity contribution in [2.45, 2.75) is 6.42 Å².